The van der Waals surface area contributed by atoms with E-state index in [-0.39, 0.29) is 5.91 Å². The number of nitrogens with zero attached hydrogens (tertiary/aromatic N) is 3. The lowest BCUT2D eigenvalue weighted by Crippen LogP contribution is -2.26. The standard InChI is InChI=1S/C21H17N3O2S/c25-21(24-10-4-5-11-24)18-13-22-20(27-18)19-16-9-8-15(12-17(16)26-23-19)14-6-2-1-3-7-14/h1-3,6-9,12-13H,4-5,10-11H2. The Morgan fingerprint density at radius 2 is 1.85 bits per heavy atom. The summed E-state index contributed by atoms with van der Waals surface area (Å²) >= 11 is 1.38. The molecule has 1 fully saturated rings. The van der Waals surface area contributed by atoms with Crippen LogP contribution in [0.5, 0.6) is 0 Å². The van der Waals surface area contributed by atoms with Gasteiger partial charge in [0.05, 0.1) is 11.6 Å². The van der Waals surface area contributed by atoms with Gasteiger partial charge in [-0.15, -0.1) is 11.3 Å². The van der Waals surface area contributed by atoms with Crippen molar-refractivity contribution in [3.05, 3.63) is 59.6 Å². The lowest BCUT2D eigenvalue weighted by Gasteiger charge is -2.12. The molecule has 4 aromatic rings. The van der Waals surface area contributed by atoms with Crippen LogP contribution in [0.4, 0.5) is 0 Å². The van der Waals surface area contributed by atoms with E-state index < -0.39 is 0 Å². The third-order valence-corrected chi connectivity index (χ3v) is 5.88. The molecule has 1 aliphatic rings. The molecule has 0 bridgehead atoms. The Morgan fingerprint density at radius 1 is 1.04 bits per heavy atom. The summed E-state index contributed by atoms with van der Waals surface area (Å²) in [5.74, 6) is 0.0652. The minimum absolute atomic E-state index is 0.0652. The summed E-state index contributed by atoms with van der Waals surface area (Å²) in [6.07, 6.45) is 3.81. The summed E-state index contributed by atoms with van der Waals surface area (Å²) in [6.45, 7) is 1.67. The highest BCUT2D eigenvalue weighted by molar-refractivity contribution is 7.17. The minimum atomic E-state index is 0.0652. The normalized spacial score (nSPS) is 14.1. The second-order valence-corrected chi connectivity index (χ2v) is 7.67. The number of amides is 1. The molecule has 0 radical (unpaired) electrons. The number of benzene rings is 2. The van der Waals surface area contributed by atoms with Gasteiger partial charge >= 0.3 is 0 Å². The molecule has 2 aromatic heterocycles. The van der Waals surface area contributed by atoms with Crippen LogP contribution in [-0.2, 0) is 0 Å². The highest BCUT2D eigenvalue weighted by Crippen LogP contribution is 2.33. The number of carbonyl (C=O) groups is 1. The molecule has 0 spiro atoms. The summed E-state index contributed by atoms with van der Waals surface area (Å²) in [7, 11) is 0. The van der Waals surface area contributed by atoms with Crippen molar-refractivity contribution in [1.82, 2.24) is 15.0 Å². The highest BCUT2D eigenvalue weighted by Gasteiger charge is 2.23. The van der Waals surface area contributed by atoms with Crippen LogP contribution in [0, 0.1) is 0 Å². The van der Waals surface area contributed by atoms with E-state index in [1.165, 1.54) is 11.3 Å². The van der Waals surface area contributed by atoms with Crippen molar-refractivity contribution in [2.24, 2.45) is 0 Å². The third-order valence-electron chi connectivity index (χ3n) is 4.89. The molecule has 2 aromatic carbocycles. The van der Waals surface area contributed by atoms with Gasteiger partial charge < -0.3 is 9.42 Å². The second-order valence-electron chi connectivity index (χ2n) is 6.64. The Labute approximate surface area is 160 Å². The maximum Gasteiger partial charge on any atom is 0.265 e. The number of hydrogen-bond donors (Lipinski definition) is 0. The van der Waals surface area contributed by atoms with E-state index in [4.69, 9.17) is 4.52 Å². The fourth-order valence-corrected chi connectivity index (χ4v) is 4.34. The fraction of sp³-hybridized carbons (Fsp3) is 0.190. The van der Waals surface area contributed by atoms with Crippen LogP contribution in [-0.4, -0.2) is 34.0 Å². The van der Waals surface area contributed by atoms with E-state index in [9.17, 15) is 4.79 Å². The first kappa shape index (κ1) is 16.2. The number of thiazole rings is 1. The number of likely N-dealkylation sites (tertiary alicyclic amines) is 1. The first-order valence-corrected chi connectivity index (χ1v) is 9.81. The van der Waals surface area contributed by atoms with E-state index in [1.807, 2.05) is 35.2 Å². The molecule has 3 heterocycles. The first-order chi connectivity index (χ1) is 13.3. The Morgan fingerprint density at radius 3 is 2.67 bits per heavy atom. The quantitative estimate of drug-likeness (QED) is 0.513. The average Bonchev–Trinajstić information content (AvgIpc) is 3.47. The van der Waals surface area contributed by atoms with Gasteiger partial charge in [0.25, 0.3) is 5.91 Å². The molecule has 1 saturated heterocycles. The van der Waals surface area contributed by atoms with Crippen LogP contribution < -0.4 is 0 Å². The fourth-order valence-electron chi connectivity index (χ4n) is 3.46. The smallest absolute Gasteiger partial charge is 0.265 e. The van der Waals surface area contributed by atoms with E-state index in [0.717, 1.165) is 42.4 Å². The SMILES string of the molecule is O=C(c1cnc(-c2noc3cc(-c4ccccc4)ccc23)s1)N1CCCC1. The van der Waals surface area contributed by atoms with Crippen LogP contribution in [0.25, 0.3) is 32.8 Å². The van der Waals surface area contributed by atoms with Crippen molar-refractivity contribution in [3.63, 3.8) is 0 Å². The van der Waals surface area contributed by atoms with E-state index in [1.54, 1.807) is 6.20 Å². The number of hydrogen-bond acceptors (Lipinski definition) is 5. The van der Waals surface area contributed by atoms with Crippen molar-refractivity contribution in [2.45, 2.75) is 12.8 Å². The van der Waals surface area contributed by atoms with Gasteiger partial charge in [-0.05, 0) is 36.1 Å². The second kappa shape index (κ2) is 6.63. The molecule has 0 N–H and O–H groups in total. The Bertz CT molecular complexity index is 1110. The van der Waals surface area contributed by atoms with Gasteiger partial charge in [-0.25, -0.2) is 4.98 Å². The molecule has 0 atom stereocenters. The lowest BCUT2D eigenvalue weighted by molar-refractivity contribution is 0.0797. The average molecular weight is 375 g/mol. The zero-order valence-corrected chi connectivity index (χ0v) is 15.4. The molecule has 6 heteroatoms. The summed E-state index contributed by atoms with van der Waals surface area (Å²) < 4.78 is 5.56. The number of carbonyl (C=O) groups excluding carboxylic acids is 1. The van der Waals surface area contributed by atoms with Crippen molar-refractivity contribution < 1.29 is 9.32 Å². The summed E-state index contributed by atoms with van der Waals surface area (Å²) in [6, 6.07) is 16.2. The van der Waals surface area contributed by atoms with Crippen LogP contribution in [0.2, 0.25) is 0 Å². The van der Waals surface area contributed by atoms with E-state index in [2.05, 4.69) is 28.3 Å². The summed E-state index contributed by atoms with van der Waals surface area (Å²) in [5.41, 5.74) is 3.61. The predicted molar refractivity (Wildman–Crippen MR) is 106 cm³/mol. The molecule has 1 amide bonds. The van der Waals surface area contributed by atoms with Gasteiger partial charge in [0, 0.05) is 13.1 Å². The van der Waals surface area contributed by atoms with E-state index in [0.29, 0.717) is 21.2 Å². The molecular formula is C21H17N3O2S. The molecule has 5 rings (SSSR count). The van der Waals surface area contributed by atoms with Crippen molar-refractivity contribution in [3.8, 4) is 21.8 Å². The molecule has 0 aliphatic carbocycles. The predicted octanol–water partition coefficient (Wildman–Crippen LogP) is 4.85. The van der Waals surface area contributed by atoms with Crippen molar-refractivity contribution in [2.75, 3.05) is 13.1 Å². The Kier molecular flexibility index (Phi) is 3.98. The van der Waals surface area contributed by atoms with Gasteiger partial charge in [0.15, 0.2) is 5.58 Å². The first-order valence-electron chi connectivity index (χ1n) is 9.00. The Balaban J connectivity index is 1.48. The summed E-state index contributed by atoms with van der Waals surface area (Å²) in [5, 5.41) is 5.84. The van der Waals surface area contributed by atoms with Crippen molar-refractivity contribution in [1.29, 1.82) is 0 Å². The van der Waals surface area contributed by atoms with Crippen LogP contribution in [0.15, 0.2) is 59.3 Å². The maximum absolute atomic E-state index is 12.5. The van der Waals surface area contributed by atoms with Gasteiger partial charge in [0.1, 0.15) is 15.6 Å². The number of aromatic nitrogens is 2. The largest absolute Gasteiger partial charge is 0.356 e. The Hall–Kier alpha value is -2.99. The molecule has 0 saturated carbocycles. The maximum atomic E-state index is 12.5. The molecule has 0 unspecified atom stereocenters. The zero-order chi connectivity index (χ0) is 18.2. The molecular weight excluding hydrogens is 358 g/mol. The van der Waals surface area contributed by atoms with Crippen LogP contribution in [0.3, 0.4) is 0 Å². The van der Waals surface area contributed by atoms with Crippen molar-refractivity contribution >= 4 is 28.2 Å². The third kappa shape index (κ3) is 2.92. The van der Waals surface area contributed by atoms with E-state index >= 15 is 0 Å². The molecule has 27 heavy (non-hydrogen) atoms. The number of rotatable bonds is 3. The monoisotopic (exact) mass is 375 g/mol. The van der Waals surface area contributed by atoms with Gasteiger partial charge in [-0.2, -0.15) is 0 Å². The van der Waals surface area contributed by atoms with Crippen LogP contribution >= 0.6 is 11.3 Å². The molecule has 134 valence electrons. The minimum Gasteiger partial charge on any atom is -0.356 e. The van der Waals surface area contributed by atoms with Crippen LogP contribution in [0.1, 0.15) is 22.5 Å². The van der Waals surface area contributed by atoms with Gasteiger partial charge in [-0.3, -0.25) is 4.79 Å². The van der Waals surface area contributed by atoms with Gasteiger partial charge in [0.2, 0.25) is 0 Å². The zero-order valence-electron chi connectivity index (χ0n) is 14.6. The molecule has 5 nitrogen and oxygen atoms in total. The topological polar surface area (TPSA) is 59.2 Å². The highest BCUT2D eigenvalue weighted by atomic mass is 32.1. The summed E-state index contributed by atoms with van der Waals surface area (Å²) in [4.78, 5) is 19.5. The van der Waals surface area contributed by atoms with Gasteiger partial charge in [-0.1, -0.05) is 41.6 Å². The number of fused-ring (bicyclic) bond motifs is 1. The lowest BCUT2D eigenvalue weighted by atomic mass is 10.0. The molecule has 1 aliphatic heterocycles.